The zero-order valence-corrected chi connectivity index (χ0v) is 18.9. The Hall–Kier alpha value is 0.350. The first-order valence-corrected chi connectivity index (χ1v) is 13.3. The molecule has 3 saturated carbocycles. The molecule has 0 heterocycles. The van der Waals surface area contributed by atoms with E-state index in [-0.39, 0.29) is 7.92 Å². The summed E-state index contributed by atoms with van der Waals surface area (Å²) in [6.45, 7) is 2.49. The summed E-state index contributed by atoms with van der Waals surface area (Å²) in [5.41, 5.74) is 2.18. The van der Waals surface area contributed by atoms with Crippen molar-refractivity contribution in [1.82, 2.24) is 9.80 Å². The van der Waals surface area contributed by atoms with Gasteiger partial charge in [0.05, 0.1) is 0 Å². The molecule has 0 radical (unpaired) electrons. The lowest BCUT2D eigenvalue weighted by Gasteiger charge is -2.48. The molecule has 0 bridgehead atoms. The Bertz CT molecular complexity index is 364. The summed E-state index contributed by atoms with van der Waals surface area (Å²) in [5.74, 6) is 1.94. The smallest absolute Gasteiger partial charge is 0.0327 e. The van der Waals surface area contributed by atoms with Gasteiger partial charge in [-0.1, -0.05) is 59.3 Å². The molecule has 26 heavy (non-hydrogen) atoms. The van der Waals surface area contributed by atoms with E-state index in [1.807, 2.05) is 0 Å². The summed E-state index contributed by atoms with van der Waals surface area (Å²) in [6, 6.07) is 0. The Balaban J connectivity index is 1.80. The fourth-order valence-corrected chi connectivity index (χ4v) is 10.8. The van der Waals surface area contributed by atoms with Crippen molar-refractivity contribution in [2.24, 2.45) is 5.92 Å². The molecule has 0 amide bonds. The van der Waals surface area contributed by atoms with E-state index in [0.717, 1.165) is 23.0 Å². The van der Waals surface area contributed by atoms with Crippen LogP contribution in [-0.4, -0.2) is 61.1 Å². The van der Waals surface area contributed by atoms with Crippen molar-refractivity contribution < 1.29 is 0 Å². The van der Waals surface area contributed by atoms with Gasteiger partial charge in [-0.15, -0.1) is 0 Å². The molecule has 0 aromatic rings. The van der Waals surface area contributed by atoms with Gasteiger partial charge in [0.2, 0.25) is 0 Å². The fourth-order valence-electron chi connectivity index (χ4n) is 6.06. The van der Waals surface area contributed by atoms with Gasteiger partial charge in [0, 0.05) is 18.9 Å². The van der Waals surface area contributed by atoms with Crippen LogP contribution >= 0.6 is 7.92 Å². The molecular weight excluding hydrogens is 335 g/mol. The maximum absolute atomic E-state index is 2.87. The molecule has 0 N–H and O–H groups in total. The minimum atomic E-state index is 0.166. The SMILES string of the molecule is CN(C)CCN(C)C(C1CCCC1)P(C1CCCCC1)C1CCCCC1. The van der Waals surface area contributed by atoms with Crippen molar-refractivity contribution in [2.75, 3.05) is 34.2 Å². The Morgan fingerprint density at radius 3 is 1.58 bits per heavy atom. The van der Waals surface area contributed by atoms with E-state index >= 15 is 0 Å². The standard InChI is InChI=1S/C23H45N2P/c1-24(2)18-19-25(3)23(20-12-10-11-13-20)26(21-14-6-4-7-15-21)22-16-8-5-9-17-22/h20-23H,4-19H2,1-3H3. The molecule has 152 valence electrons. The first-order valence-electron chi connectivity index (χ1n) is 11.8. The maximum atomic E-state index is 2.87. The van der Waals surface area contributed by atoms with Crippen LogP contribution < -0.4 is 0 Å². The fraction of sp³-hybridized carbons (Fsp3) is 1.00. The largest absolute Gasteiger partial charge is 0.308 e. The molecule has 3 aliphatic rings. The van der Waals surface area contributed by atoms with Crippen LogP contribution in [-0.2, 0) is 0 Å². The van der Waals surface area contributed by atoms with Crippen LogP contribution in [0.4, 0.5) is 0 Å². The second-order valence-electron chi connectivity index (χ2n) is 9.77. The highest BCUT2D eigenvalue weighted by Crippen LogP contribution is 2.62. The molecular formula is C23H45N2P. The van der Waals surface area contributed by atoms with Crippen LogP contribution in [0, 0.1) is 5.92 Å². The lowest BCUT2D eigenvalue weighted by molar-refractivity contribution is 0.217. The van der Waals surface area contributed by atoms with E-state index in [4.69, 9.17) is 0 Å². The van der Waals surface area contributed by atoms with E-state index < -0.39 is 0 Å². The van der Waals surface area contributed by atoms with Crippen LogP contribution in [0.15, 0.2) is 0 Å². The number of likely N-dealkylation sites (N-methyl/N-ethyl adjacent to an activating group) is 2. The molecule has 1 atom stereocenters. The van der Waals surface area contributed by atoms with Gasteiger partial charge in [0.25, 0.3) is 0 Å². The van der Waals surface area contributed by atoms with Crippen molar-refractivity contribution in [2.45, 2.75) is 107 Å². The third-order valence-corrected chi connectivity index (χ3v) is 11.6. The minimum Gasteiger partial charge on any atom is -0.308 e. The van der Waals surface area contributed by atoms with Crippen molar-refractivity contribution in [3.05, 3.63) is 0 Å². The highest BCUT2D eigenvalue weighted by Gasteiger charge is 2.42. The molecule has 3 heteroatoms. The van der Waals surface area contributed by atoms with Crippen LogP contribution in [0.3, 0.4) is 0 Å². The van der Waals surface area contributed by atoms with Gasteiger partial charge in [-0.05, 0) is 76.9 Å². The lowest BCUT2D eigenvalue weighted by atomic mass is 9.99. The second-order valence-corrected chi connectivity index (χ2v) is 12.7. The van der Waals surface area contributed by atoms with E-state index in [1.165, 1.54) is 77.3 Å². The van der Waals surface area contributed by atoms with Crippen molar-refractivity contribution in [3.8, 4) is 0 Å². The third-order valence-electron chi connectivity index (χ3n) is 7.47. The first kappa shape index (κ1) is 21.1. The van der Waals surface area contributed by atoms with Gasteiger partial charge in [0.1, 0.15) is 0 Å². The van der Waals surface area contributed by atoms with E-state index in [2.05, 4.69) is 30.9 Å². The lowest BCUT2D eigenvalue weighted by Crippen LogP contribution is -2.43. The third kappa shape index (κ3) is 5.68. The van der Waals surface area contributed by atoms with Crippen molar-refractivity contribution >= 4 is 7.92 Å². The summed E-state index contributed by atoms with van der Waals surface area (Å²) >= 11 is 0. The summed E-state index contributed by atoms with van der Waals surface area (Å²) in [4.78, 5) is 5.25. The predicted octanol–water partition coefficient (Wildman–Crippen LogP) is 6.14. The molecule has 3 aliphatic carbocycles. The number of hydrogen-bond acceptors (Lipinski definition) is 2. The van der Waals surface area contributed by atoms with Crippen LogP contribution in [0.2, 0.25) is 0 Å². The van der Waals surface area contributed by atoms with E-state index in [0.29, 0.717) is 0 Å². The molecule has 3 fully saturated rings. The molecule has 0 aliphatic heterocycles. The first-order chi connectivity index (χ1) is 12.7. The number of nitrogens with zero attached hydrogens (tertiary/aromatic N) is 2. The highest BCUT2D eigenvalue weighted by atomic mass is 31.1. The molecule has 1 unspecified atom stereocenters. The predicted molar refractivity (Wildman–Crippen MR) is 118 cm³/mol. The zero-order chi connectivity index (χ0) is 18.4. The average molecular weight is 381 g/mol. The Labute approximate surface area is 165 Å². The molecule has 3 rings (SSSR count). The van der Waals surface area contributed by atoms with Gasteiger partial charge >= 0.3 is 0 Å². The molecule has 0 spiro atoms. The van der Waals surface area contributed by atoms with Gasteiger partial charge in [-0.3, -0.25) is 4.90 Å². The van der Waals surface area contributed by atoms with Gasteiger partial charge in [-0.25, -0.2) is 0 Å². The number of hydrogen-bond donors (Lipinski definition) is 0. The topological polar surface area (TPSA) is 6.48 Å². The maximum Gasteiger partial charge on any atom is 0.0327 e. The molecule has 0 saturated heterocycles. The summed E-state index contributed by atoms with van der Waals surface area (Å²) in [5, 5.41) is 0. The Morgan fingerprint density at radius 2 is 1.12 bits per heavy atom. The zero-order valence-electron chi connectivity index (χ0n) is 18.0. The summed E-state index contributed by atoms with van der Waals surface area (Å²) < 4.78 is 0. The highest BCUT2D eigenvalue weighted by molar-refractivity contribution is 7.59. The van der Waals surface area contributed by atoms with Crippen LogP contribution in [0.5, 0.6) is 0 Å². The Kier molecular flexibility index (Phi) is 8.73. The van der Waals surface area contributed by atoms with Crippen molar-refractivity contribution in [1.29, 1.82) is 0 Å². The summed E-state index contributed by atoms with van der Waals surface area (Å²) in [6.07, 6.45) is 21.4. The van der Waals surface area contributed by atoms with Crippen LogP contribution in [0.1, 0.15) is 89.9 Å². The Morgan fingerprint density at radius 1 is 0.654 bits per heavy atom. The van der Waals surface area contributed by atoms with E-state index in [9.17, 15) is 0 Å². The molecule has 0 aromatic heterocycles. The monoisotopic (exact) mass is 380 g/mol. The van der Waals surface area contributed by atoms with Gasteiger partial charge in [0.15, 0.2) is 0 Å². The van der Waals surface area contributed by atoms with E-state index in [1.54, 1.807) is 25.7 Å². The quantitative estimate of drug-likeness (QED) is 0.466. The van der Waals surface area contributed by atoms with Crippen LogP contribution in [0.25, 0.3) is 0 Å². The van der Waals surface area contributed by atoms with Gasteiger partial charge < -0.3 is 4.90 Å². The van der Waals surface area contributed by atoms with Crippen molar-refractivity contribution in [3.63, 3.8) is 0 Å². The number of rotatable bonds is 8. The summed E-state index contributed by atoms with van der Waals surface area (Å²) in [7, 11) is 7.14. The molecule has 2 nitrogen and oxygen atoms in total. The second kappa shape index (κ2) is 10.8. The molecule has 0 aromatic carbocycles. The van der Waals surface area contributed by atoms with Gasteiger partial charge in [-0.2, -0.15) is 0 Å². The normalized spacial score (nSPS) is 25.6. The average Bonchev–Trinajstić information content (AvgIpc) is 3.19. The minimum absolute atomic E-state index is 0.166.